The van der Waals surface area contributed by atoms with Gasteiger partial charge in [0.05, 0.1) is 18.6 Å². The lowest BCUT2D eigenvalue weighted by Crippen LogP contribution is -2.53. The number of ether oxygens (including phenoxy) is 1. The molecule has 0 aromatic heterocycles. The Morgan fingerprint density at radius 1 is 1.45 bits per heavy atom. The van der Waals surface area contributed by atoms with Crippen LogP contribution in [0.4, 0.5) is 0 Å². The lowest BCUT2D eigenvalue weighted by molar-refractivity contribution is -0.144. The molecule has 0 spiro atoms. The van der Waals surface area contributed by atoms with E-state index in [0.717, 1.165) is 0 Å². The summed E-state index contributed by atoms with van der Waals surface area (Å²) in [5.41, 5.74) is 0.443. The van der Waals surface area contributed by atoms with Gasteiger partial charge in [-0.25, -0.2) is 0 Å². The number of benzene rings is 1. The van der Waals surface area contributed by atoms with Crippen LogP contribution < -0.4 is 4.74 Å². The Hall–Kier alpha value is -1.75. The second-order valence-electron chi connectivity index (χ2n) is 4.94. The highest BCUT2D eigenvalue weighted by Gasteiger charge is 2.38. The first-order valence-corrected chi connectivity index (χ1v) is 6.67. The number of halogens is 1. The highest BCUT2D eigenvalue weighted by molar-refractivity contribution is 6.30. The van der Waals surface area contributed by atoms with E-state index in [4.69, 9.17) is 21.4 Å². The van der Waals surface area contributed by atoms with Gasteiger partial charge >= 0.3 is 5.97 Å². The maximum Gasteiger partial charge on any atom is 0.306 e. The summed E-state index contributed by atoms with van der Waals surface area (Å²) in [5, 5.41) is 9.43. The van der Waals surface area contributed by atoms with Gasteiger partial charge in [-0.05, 0) is 18.2 Å². The molecule has 0 saturated carbocycles. The van der Waals surface area contributed by atoms with Crippen molar-refractivity contribution in [1.82, 2.24) is 4.90 Å². The Morgan fingerprint density at radius 3 is 2.65 bits per heavy atom. The van der Waals surface area contributed by atoms with Crippen LogP contribution in [0.2, 0.25) is 5.02 Å². The van der Waals surface area contributed by atoms with Crippen LogP contribution >= 0.6 is 11.6 Å². The van der Waals surface area contributed by atoms with Crippen LogP contribution in [-0.4, -0.2) is 42.1 Å². The van der Waals surface area contributed by atoms with Crippen LogP contribution in [0.5, 0.6) is 5.75 Å². The first-order chi connectivity index (χ1) is 9.43. The monoisotopic (exact) mass is 297 g/mol. The van der Waals surface area contributed by atoms with Crippen molar-refractivity contribution < 1.29 is 19.4 Å². The van der Waals surface area contributed by atoms with E-state index >= 15 is 0 Å². The minimum Gasteiger partial charge on any atom is -0.496 e. The molecule has 0 aliphatic carbocycles. The van der Waals surface area contributed by atoms with E-state index < -0.39 is 11.9 Å². The molecule has 1 unspecified atom stereocenters. The summed E-state index contributed by atoms with van der Waals surface area (Å²) in [7, 11) is 1.48. The molecule has 1 aliphatic heterocycles. The van der Waals surface area contributed by atoms with Gasteiger partial charge in [-0.15, -0.1) is 0 Å². The summed E-state index contributed by atoms with van der Waals surface area (Å²) in [6.45, 7) is 2.58. The fourth-order valence-electron chi connectivity index (χ4n) is 2.21. The molecule has 0 radical (unpaired) electrons. The van der Waals surface area contributed by atoms with Crippen molar-refractivity contribution in [2.24, 2.45) is 11.8 Å². The number of hydrogen-bond donors (Lipinski definition) is 1. The molecule has 5 nitrogen and oxygen atoms in total. The van der Waals surface area contributed by atoms with Crippen molar-refractivity contribution in [2.45, 2.75) is 6.92 Å². The maximum absolute atomic E-state index is 12.3. The third-order valence-corrected chi connectivity index (χ3v) is 3.92. The highest BCUT2D eigenvalue weighted by Crippen LogP contribution is 2.29. The third-order valence-electron chi connectivity index (χ3n) is 3.69. The number of carboxylic acid groups (broad SMARTS) is 1. The minimum absolute atomic E-state index is 0.00902. The van der Waals surface area contributed by atoms with Crippen molar-refractivity contribution in [3.8, 4) is 5.75 Å². The zero-order valence-electron chi connectivity index (χ0n) is 11.3. The van der Waals surface area contributed by atoms with Crippen LogP contribution in [0.15, 0.2) is 18.2 Å². The van der Waals surface area contributed by atoms with Gasteiger partial charge in [0.15, 0.2) is 0 Å². The molecule has 1 aliphatic rings. The van der Waals surface area contributed by atoms with Crippen LogP contribution in [0.3, 0.4) is 0 Å². The lowest BCUT2D eigenvalue weighted by atomic mass is 9.86. The Balaban J connectivity index is 2.06. The molecule has 1 heterocycles. The van der Waals surface area contributed by atoms with Gasteiger partial charge in [0.2, 0.25) is 0 Å². The molecular weight excluding hydrogens is 282 g/mol. The van der Waals surface area contributed by atoms with Gasteiger partial charge in [-0.1, -0.05) is 18.5 Å². The number of carbonyl (C=O) groups excluding carboxylic acids is 1. The van der Waals surface area contributed by atoms with E-state index in [-0.39, 0.29) is 11.8 Å². The largest absolute Gasteiger partial charge is 0.496 e. The SMILES string of the molecule is COc1cc(Cl)ccc1C(=O)N1CC(C(C)C(=O)O)C1. The number of carbonyl (C=O) groups is 2. The molecule has 1 amide bonds. The maximum atomic E-state index is 12.3. The molecule has 108 valence electrons. The van der Waals surface area contributed by atoms with Gasteiger partial charge in [-0.3, -0.25) is 9.59 Å². The number of nitrogens with zero attached hydrogens (tertiary/aromatic N) is 1. The predicted octanol–water partition coefficient (Wildman–Crippen LogP) is 2.14. The zero-order chi connectivity index (χ0) is 14.9. The van der Waals surface area contributed by atoms with E-state index in [1.807, 2.05) is 0 Å². The number of methoxy groups -OCH3 is 1. The van der Waals surface area contributed by atoms with Crippen molar-refractivity contribution in [3.05, 3.63) is 28.8 Å². The van der Waals surface area contributed by atoms with Crippen LogP contribution in [0.1, 0.15) is 17.3 Å². The minimum atomic E-state index is -0.828. The summed E-state index contributed by atoms with van der Waals surface area (Å²) in [4.78, 5) is 24.8. The summed E-state index contributed by atoms with van der Waals surface area (Å²) in [5.74, 6) is -0.989. The predicted molar refractivity (Wildman–Crippen MR) is 74.2 cm³/mol. The Bertz CT molecular complexity index is 540. The van der Waals surface area contributed by atoms with E-state index in [2.05, 4.69) is 0 Å². The average molecular weight is 298 g/mol. The fourth-order valence-corrected chi connectivity index (χ4v) is 2.37. The quantitative estimate of drug-likeness (QED) is 0.924. The van der Waals surface area contributed by atoms with Gasteiger partial charge in [0.1, 0.15) is 5.75 Å². The molecule has 2 rings (SSSR count). The van der Waals surface area contributed by atoms with Gasteiger partial charge < -0.3 is 14.7 Å². The second kappa shape index (κ2) is 5.71. The van der Waals surface area contributed by atoms with E-state index in [1.54, 1.807) is 30.0 Å². The number of rotatable bonds is 4. The third kappa shape index (κ3) is 2.72. The van der Waals surface area contributed by atoms with Crippen LogP contribution in [0, 0.1) is 11.8 Å². The average Bonchev–Trinajstić information content (AvgIpc) is 2.36. The Kier molecular flexibility index (Phi) is 4.18. The van der Waals surface area contributed by atoms with E-state index in [1.165, 1.54) is 7.11 Å². The first kappa shape index (κ1) is 14.7. The van der Waals surface area contributed by atoms with E-state index in [9.17, 15) is 9.59 Å². The topological polar surface area (TPSA) is 66.8 Å². The number of aliphatic carboxylic acids is 1. The van der Waals surface area contributed by atoms with Crippen LogP contribution in [0.25, 0.3) is 0 Å². The summed E-state index contributed by atoms with van der Waals surface area (Å²) >= 11 is 5.86. The smallest absolute Gasteiger partial charge is 0.306 e. The summed E-state index contributed by atoms with van der Waals surface area (Å²) in [6, 6.07) is 4.85. The molecule has 1 aromatic carbocycles. The summed E-state index contributed by atoms with van der Waals surface area (Å²) in [6.07, 6.45) is 0. The second-order valence-corrected chi connectivity index (χ2v) is 5.38. The molecule has 1 saturated heterocycles. The summed E-state index contributed by atoms with van der Waals surface area (Å²) < 4.78 is 5.15. The molecule has 1 N–H and O–H groups in total. The lowest BCUT2D eigenvalue weighted by Gasteiger charge is -2.41. The molecule has 1 atom stereocenters. The van der Waals surface area contributed by atoms with E-state index in [0.29, 0.717) is 29.4 Å². The Labute approximate surface area is 122 Å². The zero-order valence-corrected chi connectivity index (χ0v) is 12.1. The van der Waals surface area contributed by atoms with Gasteiger partial charge in [0.25, 0.3) is 5.91 Å². The number of hydrogen-bond acceptors (Lipinski definition) is 3. The van der Waals surface area contributed by atoms with Crippen molar-refractivity contribution in [3.63, 3.8) is 0 Å². The van der Waals surface area contributed by atoms with Crippen molar-refractivity contribution in [2.75, 3.05) is 20.2 Å². The first-order valence-electron chi connectivity index (χ1n) is 6.29. The van der Waals surface area contributed by atoms with Crippen molar-refractivity contribution in [1.29, 1.82) is 0 Å². The normalized spacial score (nSPS) is 16.4. The molecule has 1 fully saturated rings. The molecule has 0 bridgehead atoms. The number of likely N-dealkylation sites (tertiary alicyclic amines) is 1. The molecule has 6 heteroatoms. The fraction of sp³-hybridized carbons (Fsp3) is 0.429. The highest BCUT2D eigenvalue weighted by atomic mass is 35.5. The Morgan fingerprint density at radius 2 is 2.10 bits per heavy atom. The van der Waals surface area contributed by atoms with Gasteiger partial charge in [0, 0.05) is 24.0 Å². The van der Waals surface area contributed by atoms with Crippen molar-refractivity contribution >= 4 is 23.5 Å². The molecule has 20 heavy (non-hydrogen) atoms. The number of carboxylic acids is 1. The van der Waals surface area contributed by atoms with Gasteiger partial charge in [-0.2, -0.15) is 0 Å². The molecular formula is C14H16ClNO4. The standard InChI is InChI=1S/C14H16ClNO4/c1-8(14(18)19)9-6-16(7-9)13(17)11-4-3-10(15)5-12(11)20-2/h3-5,8-9H,6-7H2,1-2H3,(H,18,19). The molecule has 1 aromatic rings. The number of amides is 1. The van der Waals surface area contributed by atoms with Crippen LogP contribution in [-0.2, 0) is 4.79 Å².